The predicted molar refractivity (Wildman–Crippen MR) is 74.9 cm³/mol. The first-order valence-corrected chi connectivity index (χ1v) is 6.45. The van der Waals surface area contributed by atoms with Crippen molar-refractivity contribution >= 4 is 27.5 Å². The zero-order valence-corrected chi connectivity index (χ0v) is 11.5. The molecule has 0 bridgehead atoms. The predicted octanol–water partition coefficient (Wildman–Crippen LogP) is 1.48. The van der Waals surface area contributed by atoms with Gasteiger partial charge < -0.3 is 15.5 Å². The van der Waals surface area contributed by atoms with Crippen molar-refractivity contribution in [2.24, 2.45) is 5.73 Å². The Labute approximate surface area is 110 Å². The number of anilines is 1. The fourth-order valence-electron chi connectivity index (χ4n) is 2.09. The quantitative estimate of drug-likeness (QED) is 0.642. The van der Waals surface area contributed by atoms with Gasteiger partial charge in [0.1, 0.15) is 5.84 Å². The maximum atomic E-state index is 7.69. The first-order valence-electron chi connectivity index (χ1n) is 5.66. The van der Waals surface area contributed by atoms with E-state index in [4.69, 9.17) is 11.1 Å². The molecule has 92 valence electrons. The molecule has 1 heterocycles. The largest absolute Gasteiger partial charge is 0.384 e. The second-order valence-electron chi connectivity index (χ2n) is 4.34. The molecule has 17 heavy (non-hydrogen) atoms. The molecule has 2 rings (SSSR count). The van der Waals surface area contributed by atoms with Gasteiger partial charge >= 0.3 is 0 Å². The summed E-state index contributed by atoms with van der Waals surface area (Å²) in [6.45, 7) is 4.05. The molecule has 0 aliphatic carbocycles. The summed E-state index contributed by atoms with van der Waals surface area (Å²) in [6.07, 6.45) is 0. The third-order valence-corrected chi connectivity index (χ3v) is 3.77. The lowest BCUT2D eigenvalue weighted by molar-refractivity contribution is 0.313. The molecule has 0 unspecified atom stereocenters. The molecule has 0 amide bonds. The van der Waals surface area contributed by atoms with Gasteiger partial charge in [0.2, 0.25) is 0 Å². The molecule has 1 fully saturated rings. The first-order chi connectivity index (χ1) is 8.09. The normalized spacial score (nSPS) is 17.2. The summed E-state index contributed by atoms with van der Waals surface area (Å²) in [5.41, 5.74) is 7.52. The van der Waals surface area contributed by atoms with Crippen LogP contribution in [0.3, 0.4) is 0 Å². The maximum absolute atomic E-state index is 7.69. The van der Waals surface area contributed by atoms with Crippen LogP contribution in [-0.4, -0.2) is 44.0 Å². The Morgan fingerprint density at radius 3 is 2.53 bits per heavy atom. The molecule has 0 aromatic heterocycles. The van der Waals surface area contributed by atoms with E-state index in [0.717, 1.165) is 41.9 Å². The summed E-state index contributed by atoms with van der Waals surface area (Å²) >= 11 is 3.47. The second-order valence-corrected chi connectivity index (χ2v) is 5.19. The topological polar surface area (TPSA) is 56.4 Å². The Balaban J connectivity index is 2.32. The van der Waals surface area contributed by atoms with Gasteiger partial charge in [0.25, 0.3) is 0 Å². The molecule has 1 aromatic rings. The highest BCUT2D eigenvalue weighted by Crippen LogP contribution is 2.28. The Morgan fingerprint density at radius 1 is 1.29 bits per heavy atom. The van der Waals surface area contributed by atoms with Crippen LogP contribution in [0.5, 0.6) is 0 Å². The second kappa shape index (κ2) is 5.06. The highest BCUT2D eigenvalue weighted by atomic mass is 79.9. The number of nitrogens with zero attached hydrogens (tertiary/aromatic N) is 2. The van der Waals surface area contributed by atoms with E-state index in [2.05, 4.69) is 32.8 Å². The minimum atomic E-state index is 0.117. The summed E-state index contributed by atoms with van der Waals surface area (Å²) in [5, 5.41) is 7.69. The molecule has 4 nitrogen and oxygen atoms in total. The van der Waals surface area contributed by atoms with Crippen molar-refractivity contribution in [3.63, 3.8) is 0 Å². The summed E-state index contributed by atoms with van der Waals surface area (Å²) in [7, 11) is 2.13. The highest BCUT2D eigenvalue weighted by molar-refractivity contribution is 9.10. The minimum absolute atomic E-state index is 0.117. The standard InChI is InChI=1S/C12H17BrN4/c1-16-5-7-17(8-6-16)10-4-2-3-9(13)11(10)12(14)15/h2-4H,5-8H2,1H3,(H3,14,15). The Bertz CT molecular complexity index is 425. The van der Waals surface area contributed by atoms with E-state index in [1.165, 1.54) is 0 Å². The number of benzene rings is 1. The lowest BCUT2D eigenvalue weighted by Crippen LogP contribution is -2.45. The van der Waals surface area contributed by atoms with Crippen LogP contribution < -0.4 is 10.6 Å². The van der Waals surface area contributed by atoms with Crippen molar-refractivity contribution in [2.45, 2.75) is 0 Å². The van der Waals surface area contributed by atoms with Crippen molar-refractivity contribution in [3.8, 4) is 0 Å². The van der Waals surface area contributed by atoms with E-state index in [1.807, 2.05) is 18.2 Å². The van der Waals surface area contributed by atoms with Gasteiger partial charge in [-0.25, -0.2) is 0 Å². The molecule has 5 heteroatoms. The van der Waals surface area contributed by atoms with E-state index in [1.54, 1.807) is 0 Å². The first kappa shape index (κ1) is 12.4. The summed E-state index contributed by atoms with van der Waals surface area (Å²) in [6, 6.07) is 5.95. The molecule has 3 N–H and O–H groups in total. The van der Waals surface area contributed by atoms with Gasteiger partial charge in [-0.2, -0.15) is 0 Å². The van der Waals surface area contributed by atoms with Crippen LogP contribution in [-0.2, 0) is 0 Å². The number of hydrogen-bond donors (Lipinski definition) is 2. The molecule has 1 aliphatic rings. The van der Waals surface area contributed by atoms with Crippen LogP contribution in [0, 0.1) is 5.41 Å². The minimum Gasteiger partial charge on any atom is -0.384 e. The zero-order chi connectivity index (χ0) is 12.4. The molecular formula is C12H17BrN4. The van der Waals surface area contributed by atoms with Gasteiger partial charge in [-0.05, 0) is 35.1 Å². The van der Waals surface area contributed by atoms with Crippen LogP contribution in [0.2, 0.25) is 0 Å². The van der Waals surface area contributed by atoms with Gasteiger partial charge in [0.05, 0.1) is 5.56 Å². The van der Waals surface area contributed by atoms with Gasteiger partial charge in [0, 0.05) is 36.3 Å². The third kappa shape index (κ3) is 2.61. The van der Waals surface area contributed by atoms with E-state index in [0.29, 0.717) is 0 Å². The summed E-state index contributed by atoms with van der Waals surface area (Å²) in [4.78, 5) is 4.60. The number of hydrogen-bond acceptors (Lipinski definition) is 3. The van der Waals surface area contributed by atoms with E-state index >= 15 is 0 Å². The Kier molecular flexibility index (Phi) is 3.69. The van der Waals surface area contributed by atoms with E-state index in [9.17, 15) is 0 Å². The number of rotatable bonds is 2. The number of likely N-dealkylation sites (N-methyl/N-ethyl adjacent to an activating group) is 1. The fraction of sp³-hybridized carbons (Fsp3) is 0.417. The molecule has 0 spiro atoms. The molecule has 1 aliphatic heterocycles. The maximum Gasteiger partial charge on any atom is 0.126 e. The van der Waals surface area contributed by atoms with Gasteiger partial charge in [-0.1, -0.05) is 6.07 Å². The number of amidine groups is 1. The number of nitrogens with one attached hydrogen (secondary N) is 1. The monoisotopic (exact) mass is 296 g/mol. The zero-order valence-electron chi connectivity index (χ0n) is 9.91. The molecular weight excluding hydrogens is 280 g/mol. The van der Waals surface area contributed by atoms with Gasteiger partial charge in [-0.3, -0.25) is 5.41 Å². The molecule has 1 aromatic carbocycles. The van der Waals surface area contributed by atoms with Crippen LogP contribution in [0.15, 0.2) is 22.7 Å². The van der Waals surface area contributed by atoms with Crippen molar-refractivity contribution < 1.29 is 0 Å². The third-order valence-electron chi connectivity index (χ3n) is 3.10. The van der Waals surface area contributed by atoms with E-state index in [-0.39, 0.29) is 5.84 Å². The highest BCUT2D eigenvalue weighted by Gasteiger charge is 2.19. The van der Waals surface area contributed by atoms with Gasteiger partial charge in [0.15, 0.2) is 0 Å². The molecule has 0 radical (unpaired) electrons. The van der Waals surface area contributed by atoms with Gasteiger partial charge in [-0.15, -0.1) is 0 Å². The lowest BCUT2D eigenvalue weighted by Gasteiger charge is -2.35. The fourth-order valence-corrected chi connectivity index (χ4v) is 2.66. The number of nitrogens with two attached hydrogens (primary N) is 1. The molecule has 0 saturated carbocycles. The number of nitrogen functional groups attached to an aromatic ring is 1. The molecule has 1 saturated heterocycles. The van der Waals surface area contributed by atoms with Crippen LogP contribution >= 0.6 is 15.9 Å². The van der Waals surface area contributed by atoms with Crippen molar-refractivity contribution in [2.75, 3.05) is 38.1 Å². The average molecular weight is 297 g/mol. The SMILES string of the molecule is CN1CCN(c2cccc(Br)c2C(=N)N)CC1. The Hall–Kier alpha value is -1.07. The van der Waals surface area contributed by atoms with Crippen molar-refractivity contribution in [1.29, 1.82) is 5.41 Å². The number of piperazine rings is 1. The van der Waals surface area contributed by atoms with Crippen molar-refractivity contribution in [3.05, 3.63) is 28.2 Å². The van der Waals surface area contributed by atoms with E-state index < -0.39 is 0 Å². The van der Waals surface area contributed by atoms with Crippen molar-refractivity contribution in [1.82, 2.24) is 4.90 Å². The summed E-state index contributed by atoms with van der Waals surface area (Å²) < 4.78 is 0.890. The number of halogens is 1. The van der Waals surface area contributed by atoms with Crippen LogP contribution in [0.4, 0.5) is 5.69 Å². The smallest absolute Gasteiger partial charge is 0.126 e. The average Bonchev–Trinajstić information content (AvgIpc) is 2.29. The Morgan fingerprint density at radius 2 is 1.94 bits per heavy atom. The summed E-state index contributed by atoms with van der Waals surface area (Å²) in [5.74, 6) is 0.117. The van der Waals surface area contributed by atoms with Crippen LogP contribution in [0.1, 0.15) is 5.56 Å². The van der Waals surface area contributed by atoms with Crippen LogP contribution in [0.25, 0.3) is 0 Å². The molecule has 0 atom stereocenters. The lowest BCUT2D eigenvalue weighted by atomic mass is 10.1.